The second kappa shape index (κ2) is 8.68. The molecule has 20 heavy (non-hydrogen) atoms. The topological polar surface area (TPSA) is 63.7 Å². The summed E-state index contributed by atoms with van der Waals surface area (Å²) in [7, 11) is -3.01. The third kappa shape index (κ3) is 8.60. The van der Waals surface area contributed by atoms with Gasteiger partial charge in [-0.3, -0.25) is 4.79 Å². The van der Waals surface area contributed by atoms with Gasteiger partial charge in [-0.05, 0) is 12.8 Å². The summed E-state index contributed by atoms with van der Waals surface area (Å²) in [6.45, 7) is -2.18. The number of esters is 1. The first kappa shape index (κ1) is 19.5. The van der Waals surface area contributed by atoms with Gasteiger partial charge in [-0.25, -0.2) is 8.42 Å². The first-order chi connectivity index (χ1) is 9.12. The maximum atomic E-state index is 12.4. The second-order valence-corrected chi connectivity index (χ2v) is 6.45. The number of sulfonamides is 1. The molecule has 0 aromatic heterocycles. The molecule has 0 spiro atoms. The fourth-order valence-electron chi connectivity index (χ4n) is 1.34. The Labute approximate surface area is 121 Å². The van der Waals surface area contributed by atoms with Crippen LogP contribution in [0, 0.1) is 0 Å². The van der Waals surface area contributed by atoms with E-state index in [1.165, 1.54) is 0 Å². The lowest BCUT2D eigenvalue weighted by molar-refractivity contribution is -0.144. The van der Waals surface area contributed by atoms with E-state index in [1.54, 1.807) is 0 Å². The molecule has 0 atom stereocenters. The van der Waals surface area contributed by atoms with E-state index < -0.39 is 47.4 Å². The Kier molecular flexibility index (Phi) is 8.45. The summed E-state index contributed by atoms with van der Waals surface area (Å²) in [5.41, 5.74) is 0. The van der Waals surface area contributed by atoms with Crippen molar-refractivity contribution in [2.24, 2.45) is 0 Å². The van der Waals surface area contributed by atoms with Crippen LogP contribution in [-0.2, 0) is 19.6 Å². The smallest absolute Gasteiger partial charge is 0.402 e. The third-order valence-electron chi connectivity index (χ3n) is 2.33. The zero-order valence-corrected chi connectivity index (χ0v) is 12.5. The van der Waals surface area contributed by atoms with Crippen LogP contribution in [0.1, 0.15) is 19.3 Å². The zero-order chi connectivity index (χ0) is 15.8. The standard InChI is InChI=1S/C10H17ClF3NO4S/c1-19-9(16)4-6-15(8-10(12,13)14)20(17,18)7-3-2-5-11/h2-8H2,1H3. The van der Waals surface area contributed by atoms with Crippen LogP contribution >= 0.6 is 11.6 Å². The van der Waals surface area contributed by atoms with Gasteiger partial charge in [-0.2, -0.15) is 17.5 Å². The summed E-state index contributed by atoms with van der Waals surface area (Å²) < 4.78 is 65.3. The van der Waals surface area contributed by atoms with Gasteiger partial charge < -0.3 is 4.74 Å². The van der Waals surface area contributed by atoms with Crippen LogP contribution in [0.3, 0.4) is 0 Å². The Bertz CT molecular complexity index is 400. The maximum absolute atomic E-state index is 12.4. The first-order valence-electron chi connectivity index (χ1n) is 5.79. The number of ether oxygens (including phenoxy) is 1. The lowest BCUT2D eigenvalue weighted by Gasteiger charge is -2.22. The number of halogens is 4. The van der Waals surface area contributed by atoms with Gasteiger partial charge in [0.05, 0.1) is 19.3 Å². The van der Waals surface area contributed by atoms with E-state index in [0.29, 0.717) is 6.42 Å². The molecule has 0 aliphatic rings. The van der Waals surface area contributed by atoms with Crippen molar-refractivity contribution in [3.05, 3.63) is 0 Å². The lowest BCUT2D eigenvalue weighted by Crippen LogP contribution is -2.41. The molecule has 0 radical (unpaired) electrons. The number of hydrogen-bond donors (Lipinski definition) is 0. The Hall–Kier alpha value is -0.540. The summed E-state index contributed by atoms with van der Waals surface area (Å²) >= 11 is 5.39. The Morgan fingerprint density at radius 3 is 2.35 bits per heavy atom. The largest absolute Gasteiger partial charge is 0.469 e. The van der Waals surface area contributed by atoms with Gasteiger partial charge in [-0.15, -0.1) is 11.6 Å². The molecule has 0 amide bonds. The number of nitrogens with zero attached hydrogens (tertiary/aromatic N) is 1. The van der Waals surface area contributed by atoms with Crippen LogP contribution in [0.4, 0.5) is 13.2 Å². The van der Waals surface area contributed by atoms with E-state index in [4.69, 9.17) is 11.6 Å². The van der Waals surface area contributed by atoms with E-state index in [9.17, 15) is 26.4 Å². The highest BCUT2D eigenvalue weighted by Crippen LogP contribution is 2.19. The zero-order valence-electron chi connectivity index (χ0n) is 11.0. The van der Waals surface area contributed by atoms with Crippen LogP contribution in [0.25, 0.3) is 0 Å². The molecule has 0 fully saturated rings. The molecule has 0 aromatic rings. The number of hydrogen-bond acceptors (Lipinski definition) is 4. The Balaban J connectivity index is 4.77. The number of carbonyl (C=O) groups is 1. The minimum Gasteiger partial charge on any atom is -0.469 e. The monoisotopic (exact) mass is 339 g/mol. The summed E-state index contributed by atoms with van der Waals surface area (Å²) in [5.74, 6) is -0.971. The molecule has 0 saturated heterocycles. The number of alkyl halides is 4. The Morgan fingerprint density at radius 1 is 1.30 bits per heavy atom. The van der Waals surface area contributed by atoms with Crippen molar-refractivity contribution < 1.29 is 31.1 Å². The van der Waals surface area contributed by atoms with Gasteiger partial charge in [-0.1, -0.05) is 0 Å². The maximum Gasteiger partial charge on any atom is 0.402 e. The first-order valence-corrected chi connectivity index (χ1v) is 7.94. The molecule has 120 valence electrons. The van der Waals surface area contributed by atoms with Gasteiger partial charge in [0.2, 0.25) is 10.0 Å². The SMILES string of the molecule is COC(=O)CCN(CC(F)(F)F)S(=O)(=O)CCCCCl. The van der Waals surface area contributed by atoms with E-state index in [0.717, 1.165) is 7.11 Å². The fourth-order valence-corrected chi connectivity index (χ4v) is 3.07. The van der Waals surface area contributed by atoms with E-state index >= 15 is 0 Å². The van der Waals surface area contributed by atoms with Gasteiger partial charge in [0.1, 0.15) is 6.54 Å². The quantitative estimate of drug-likeness (QED) is 0.365. The van der Waals surface area contributed by atoms with Gasteiger partial charge in [0.15, 0.2) is 0 Å². The average Bonchev–Trinajstić information content (AvgIpc) is 2.32. The van der Waals surface area contributed by atoms with Crippen molar-refractivity contribution in [3.8, 4) is 0 Å². The molecule has 10 heteroatoms. The number of methoxy groups -OCH3 is 1. The highest BCUT2D eigenvalue weighted by Gasteiger charge is 2.36. The highest BCUT2D eigenvalue weighted by molar-refractivity contribution is 7.89. The summed E-state index contributed by atoms with van der Waals surface area (Å²) in [4.78, 5) is 10.9. The van der Waals surface area contributed by atoms with Crippen LogP contribution in [-0.4, -0.2) is 56.7 Å². The molecule has 0 rings (SSSR count). The number of carbonyl (C=O) groups excluding carboxylic acids is 1. The Morgan fingerprint density at radius 2 is 1.90 bits per heavy atom. The van der Waals surface area contributed by atoms with Crippen LogP contribution in [0.5, 0.6) is 0 Å². The minimum atomic E-state index is -4.67. The molecule has 0 aliphatic heterocycles. The number of rotatable bonds is 9. The summed E-state index contributed by atoms with van der Waals surface area (Å²) in [6.07, 6.45) is -4.55. The molecule has 0 aromatic carbocycles. The molecule has 5 nitrogen and oxygen atoms in total. The van der Waals surface area contributed by atoms with Crippen molar-refractivity contribution in [2.45, 2.75) is 25.4 Å². The van der Waals surface area contributed by atoms with Crippen molar-refractivity contribution in [3.63, 3.8) is 0 Å². The molecule has 0 aliphatic carbocycles. The molecule has 0 heterocycles. The molecular formula is C10H17ClF3NO4S. The molecule has 0 saturated carbocycles. The van der Waals surface area contributed by atoms with Gasteiger partial charge in [0.25, 0.3) is 0 Å². The normalized spacial score (nSPS) is 12.7. The van der Waals surface area contributed by atoms with E-state index in [1.807, 2.05) is 0 Å². The number of unbranched alkanes of at least 4 members (excludes halogenated alkanes) is 1. The van der Waals surface area contributed by atoms with Crippen LogP contribution in [0.2, 0.25) is 0 Å². The fraction of sp³-hybridized carbons (Fsp3) is 0.900. The molecule has 0 unspecified atom stereocenters. The van der Waals surface area contributed by atoms with E-state index in [2.05, 4.69) is 4.74 Å². The van der Waals surface area contributed by atoms with Gasteiger partial charge >= 0.3 is 12.1 Å². The highest BCUT2D eigenvalue weighted by atomic mass is 35.5. The molecule has 0 N–H and O–H groups in total. The third-order valence-corrected chi connectivity index (χ3v) is 4.50. The lowest BCUT2D eigenvalue weighted by atomic mass is 10.4. The summed E-state index contributed by atoms with van der Waals surface area (Å²) in [5, 5.41) is 0. The predicted molar refractivity (Wildman–Crippen MR) is 68.0 cm³/mol. The van der Waals surface area contributed by atoms with Gasteiger partial charge in [0, 0.05) is 12.4 Å². The van der Waals surface area contributed by atoms with Crippen LogP contribution in [0.15, 0.2) is 0 Å². The average molecular weight is 340 g/mol. The predicted octanol–water partition coefficient (Wildman–Crippen LogP) is 1.76. The molecule has 0 bridgehead atoms. The summed E-state index contributed by atoms with van der Waals surface area (Å²) in [6, 6.07) is 0. The van der Waals surface area contributed by atoms with Crippen molar-refractivity contribution in [1.29, 1.82) is 0 Å². The molecular weight excluding hydrogens is 323 g/mol. The van der Waals surface area contributed by atoms with Crippen molar-refractivity contribution >= 4 is 27.6 Å². The second-order valence-electron chi connectivity index (χ2n) is 3.99. The van der Waals surface area contributed by atoms with Crippen molar-refractivity contribution in [1.82, 2.24) is 4.31 Å². The minimum absolute atomic E-state index is 0.165. The van der Waals surface area contributed by atoms with Crippen LogP contribution < -0.4 is 0 Å². The van der Waals surface area contributed by atoms with Crippen molar-refractivity contribution in [2.75, 3.05) is 31.8 Å². The van der Waals surface area contributed by atoms with E-state index in [-0.39, 0.29) is 16.6 Å².